The van der Waals surface area contributed by atoms with Gasteiger partial charge in [0.05, 0.1) is 30.5 Å². The molecule has 0 bridgehead atoms. The van der Waals surface area contributed by atoms with Crippen LogP contribution in [0.1, 0.15) is 23.7 Å². The maximum atomic E-state index is 11.9. The summed E-state index contributed by atoms with van der Waals surface area (Å²) < 4.78 is 10.5. The molecule has 2 N–H and O–H groups in total. The summed E-state index contributed by atoms with van der Waals surface area (Å²) in [6.07, 6.45) is 2.41. The fourth-order valence-corrected chi connectivity index (χ4v) is 2.27. The van der Waals surface area contributed by atoms with Crippen molar-refractivity contribution in [3.8, 4) is 11.5 Å². The van der Waals surface area contributed by atoms with E-state index in [2.05, 4.69) is 15.6 Å². The number of nitrogens with zero attached hydrogens (tertiary/aromatic N) is 1. The molecule has 2 rings (SSSR count). The van der Waals surface area contributed by atoms with Crippen LogP contribution in [0.25, 0.3) is 0 Å². The Hall–Kier alpha value is -2.47. The van der Waals surface area contributed by atoms with Crippen LogP contribution in [0.4, 0.5) is 11.5 Å². The molecule has 1 amide bonds. The Morgan fingerprint density at radius 1 is 1.21 bits per heavy atom. The first-order valence-corrected chi connectivity index (χ1v) is 7.89. The largest absolute Gasteiger partial charge is 0.495 e. The summed E-state index contributed by atoms with van der Waals surface area (Å²) in [4.78, 5) is 16.1. The van der Waals surface area contributed by atoms with Crippen molar-refractivity contribution >= 4 is 29.0 Å². The van der Waals surface area contributed by atoms with Crippen molar-refractivity contribution in [3.05, 3.63) is 41.0 Å². The molecule has 0 saturated carbocycles. The van der Waals surface area contributed by atoms with Crippen molar-refractivity contribution in [2.75, 3.05) is 26.1 Å². The molecule has 1 aromatic heterocycles. The number of nitrogens with one attached hydrogen (secondary N) is 2. The summed E-state index contributed by atoms with van der Waals surface area (Å²) in [7, 11) is 3.09. The number of ether oxygens (including phenoxy) is 2. The van der Waals surface area contributed by atoms with E-state index in [4.69, 9.17) is 21.1 Å². The van der Waals surface area contributed by atoms with E-state index in [1.165, 1.54) is 6.20 Å². The molecule has 128 valence electrons. The quantitative estimate of drug-likeness (QED) is 0.798. The van der Waals surface area contributed by atoms with Gasteiger partial charge in [-0.25, -0.2) is 4.98 Å². The summed E-state index contributed by atoms with van der Waals surface area (Å²) in [5, 5.41) is 6.39. The van der Waals surface area contributed by atoms with E-state index in [0.29, 0.717) is 40.1 Å². The van der Waals surface area contributed by atoms with Gasteiger partial charge in [-0.3, -0.25) is 4.79 Å². The lowest BCUT2D eigenvalue weighted by atomic mass is 10.2. The van der Waals surface area contributed by atoms with Crippen LogP contribution in [0.5, 0.6) is 11.5 Å². The number of amides is 1. The zero-order valence-electron chi connectivity index (χ0n) is 13.9. The molecule has 1 aromatic carbocycles. The molecular weight excluding hydrogens is 330 g/mol. The van der Waals surface area contributed by atoms with Gasteiger partial charge in [0.2, 0.25) is 0 Å². The average molecular weight is 350 g/mol. The SMILES string of the molecule is CCCNC(=O)c1ccc(Nc2cc(OC)c(Cl)cc2OC)nc1. The summed E-state index contributed by atoms with van der Waals surface area (Å²) in [5.74, 6) is 1.52. The van der Waals surface area contributed by atoms with Crippen LogP contribution in [0.15, 0.2) is 30.5 Å². The number of methoxy groups -OCH3 is 2. The van der Waals surface area contributed by atoms with E-state index in [0.717, 1.165) is 6.42 Å². The third kappa shape index (κ3) is 4.29. The van der Waals surface area contributed by atoms with Crippen LogP contribution in [-0.4, -0.2) is 31.7 Å². The van der Waals surface area contributed by atoms with Gasteiger partial charge >= 0.3 is 0 Å². The normalized spacial score (nSPS) is 10.2. The standard InChI is InChI=1S/C17H20ClN3O3/c1-4-7-19-17(22)11-5-6-16(20-10-11)21-13-9-14(23-2)12(18)8-15(13)24-3/h5-6,8-10H,4,7H2,1-3H3,(H,19,22)(H,20,21). The minimum absolute atomic E-state index is 0.137. The Kier molecular flexibility index (Phi) is 6.26. The number of benzene rings is 1. The highest BCUT2D eigenvalue weighted by Gasteiger charge is 2.11. The van der Waals surface area contributed by atoms with Gasteiger partial charge in [0.25, 0.3) is 5.91 Å². The van der Waals surface area contributed by atoms with Crippen LogP contribution in [0.2, 0.25) is 5.02 Å². The third-order valence-electron chi connectivity index (χ3n) is 3.30. The maximum Gasteiger partial charge on any atom is 0.252 e. The molecule has 2 aromatic rings. The average Bonchev–Trinajstić information content (AvgIpc) is 2.61. The molecule has 6 nitrogen and oxygen atoms in total. The second-order valence-electron chi connectivity index (χ2n) is 5.00. The number of anilines is 2. The van der Waals surface area contributed by atoms with Gasteiger partial charge in [-0.1, -0.05) is 18.5 Å². The lowest BCUT2D eigenvalue weighted by Gasteiger charge is -2.13. The van der Waals surface area contributed by atoms with E-state index >= 15 is 0 Å². The first-order chi connectivity index (χ1) is 11.6. The van der Waals surface area contributed by atoms with E-state index in [1.807, 2.05) is 6.92 Å². The highest BCUT2D eigenvalue weighted by Crippen LogP contribution is 2.37. The van der Waals surface area contributed by atoms with Gasteiger partial charge in [0.1, 0.15) is 17.3 Å². The van der Waals surface area contributed by atoms with Gasteiger partial charge in [-0.15, -0.1) is 0 Å². The molecule has 0 spiro atoms. The molecule has 0 radical (unpaired) electrons. The minimum atomic E-state index is -0.137. The van der Waals surface area contributed by atoms with Crippen LogP contribution in [0, 0.1) is 0 Å². The Labute approximate surface area is 146 Å². The summed E-state index contributed by atoms with van der Waals surface area (Å²) >= 11 is 6.09. The molecule has 1 heterocycles. The Morgan fingerprint density at radius 3 is 2.54 bits per heavy atom. The van der Waals surface area contributed by atoms with E-state index < -0.39 is 0 Å². The molecule has 24 heavy (non-hydrogen) atoms. The van der Waals surface area contributed by atoms with E-state index in [-0.39, 0.29) is 5.91 Å². The lowest BCUT2D eigenvalue weighted by molar-refractivity contribution is 0.0953. The number of rotatable bonds is 7. The first-order valence-electron chi connectivity index (χ1n) is 7.51. The highest BCUT2D eigenvalue weighted by molar-refractivity contribution is 6.32. The van der Waals surface area contributed by atoms with Crippen LogP contribution >= 0.6 is 11.6 Å². The predicted molar refractivity (Wildman–Crippen MR) is 94.7 cm³/mol. The Morgan fingerprint density at radius 2 is 1.96 bits per heavy atom. The molecular formula is C17H20ClN3O3. The van der Waals surface area contributed by atoms with Gasteiger partial charge in [0.15, 0.2) is 0 Å². The third-order valence-corrected chi connectivity index (χ3v) is 3.59. The van der Waals surface area contributed by atoms with Gasteiger partial charge in [0, 0.05) is 24.9 Å². The molecule has 0 aliphatic heterocycles. The monoisotopic (exact) mass is 349 g/mol. The fourth-order valence-electron chi connectivity index (χ4n) is 2.04. The zero-order chi connectivity index (χ0) is 17.5. The number of aromatic nitrogens is 1. The molecule has 0 aliphatic carbocycles. The van der Waals surface area contributed by atoms with Crippen molar-refractivity contribution in [2.45, 2.75) is 13.3 Å². The highest BCUT2D eigenvalue weighted by atomic mass is 35.5. The zero-order valence-corrected chi connectivity index (χ0v) is 14.6. The Balaban J connectivity index is 2.18. The first kappa shape index (κ1) is 17.9. The van der Waals surface area contributed by atoms with Crippen molar-refractivity contribution < 1.29 is 14.3 Å². The number of halogens is 1. The van der Waals surface area contributed by atoms with Crippen molar-refractivity contribution in [1.29, 1.82) is 0 Å². The molecule has 0 fully saturated rings. The maximum absolute atomic E-state index is 11.9. The number of pyridine rings is 1. The number of hydrogen-bond donors (Lipinski definition) is 2. The minimum Gasteiger partial charge on any atom is -0.495 e. The lowest BCUT2D eigenvalue weighted by Crippen LogP contribution is -2.24. The second kappa shape index (κ2) is 8.40. The summed E-state index contributed by atoms with van der Waals surface area (Å²) in [6.45, 7) is 2.64. The van der Waals surface area contributed by atoms with E-state index in [9.17, 15) is 4.79 Å². The second-order valence-corrected chi connectivity index (χ2v) is 5.41. The topological polar surface area (TPSA) is 72.5 Å². The summed E-state index contributed by atoms with van der Waals surface area (Å²) in [6, 6.07) is 6.82. The van der Waals surface area contributed by atoms with E-state index in [1.54, 1.807) is 38.5 Å². The number of carbonyl (C=O) groups excluding carboxylic acids is 1. The van der Waals surface area contributed by atoms with Crippen molar-refractivity contribution in [3.63, 3.8) is 0 Å². The smallest absolute Gasteiger partial charge is 0.252 e. The molecule has 0 unspecified atom stereocenters. The van der Waals surface area contributed by atoms with Gasteiger partial charge in [-0.05, 0) is 18.6 Å². The van der Waals surface area contributed by atoms with Crippen LogP contribution in [-0.2, 0) is 0 Å². The van der Waals surface area contributed by atoms with Crippen molar-refractivity contribution in [1.82, 2.24) is 10.3 Å². The van der Waals surface area contributed by atoms with Crippen molar-refractivity contribution in [2.24, 2.45) is 0 Å². The van der Waals surface area contributed by atoms with Crippen LogP contribution in [0.3, 0.4) is 0 Å². The molecule has 7 heteroatoms. The molecule has 0 aliphatic rings. The number of carbonyl (C=O) groups is 1. The fraction of sp³-hybridized carbons (Fsp3) is 0.294. The Bertz CT molecular complexity index is 705. The number of hydrogen-bond acceptors (Lipinski definition) is 5. The van der Waals surface area contributed by atoms with Gasteiger partial charge < -0.3 is 20.1 Å². The predicted octanol–water partition coefficient (Wildman–Crippen LogP) is 3.64. The van der Waals surface area contributed by atoms with Crippen LogP contribution < -0.4 is 20.1 Å². The molecule has 0 atom stereocenters. The summed E-state index contributed by atoms with van der Waals surface area (Å²) in [5.41, 5.74) is 1.17. The van der Waals surface area contributed by atoms with Gasteiger partial charge in [-0.2, -0.15) is 0 Å². The molecule has 0 saturated heterocycles.